The number of aromatic nitrogens is 2. The van der Waals surface area contributed by atoms with Gasteiger partial charge in [-0.2, -0.15) is 5.10 Å². The van der Waals surface area contributed by atoms with Crippen LogP contribution in [-0.4, -0.2) is 15.7 Å². The highest BCUT2D eigenvalue weighted by Gasteiger charge is 2.10. The first-order valence-electron chi connectivity index (χ1n) is 4.82. The van der Waals surface area contributed by atoms with Crippen LogP contribution in [0.2, 0.25) is 0 Å². The topological polar surface area (TPSA) is 46.9 Å². The number of nitrogens with zero attached hydrogens (tertiary/aromatic N) is 2. The van der Waals surface area contributed by atoms with Crippen LogP contribution < -0.4 is 5.32 Å². The summed E-state index contributed by atoms with van der Waals surface area (Å²) in [5.74, 6) is -1.73. The number of rotatable bonds is 2. The van der Waals surface area contributed by atoms with Gasteiger partial charge in [-0.15, -0.1) is 0 Å². The van der Waals surface area contributed by atoms with E-state index in [9.17, 15) is 13.6 Å². The number of carbonyl (C=O) groups is 1. The molecule has 0 aliphatic heterocycles. The molecular formula is C11H9F2N3O. The average molecular weight is 237 g/mol. The molecule has 2 rings (SSSR count). The summed E-state index contributed by atoms with van der Waals surface area (Å²) in [6, 6.07) is 4.22. The third kappa shape index (κ3) is 2.47. The second-order valence-corrected chi connectivity index (χ2v) is 3.45. The predicted octanol–water partition coefficient (Wildman–Crippen LogP) is 1.95. The first-order valence-corrected chi connectivity index (χ1v) is 4.82. The van der Waals surface area contributed by atoms with Crippen LogP contribution in [0.15, 0.2) is 30.5 Å². The molecule has 0 saturated heterocycles. The Bertz CT molecular complexity index is 545. The molecule has 1 N–H and O–H groups in total. The van der Waals surface area contributed by atoms with Gasteiger partial charge in [0.2, 0.25) is 0 Å². The Labute approximate surface area is 95.9 Å². The number of carbonyl (C=O) groups excluding carboxylic acids is 1. The maximum atomic E-state index is 12.9. The zero-order valence-corrected chi connectivity index (χ0v) is 8.95. The van der Waals surface area contributed by atoms with Crippen LogP contribution in [0.5, 0.6) is 0 Å². The van der Waals surface area contributed by atoms with E-state index in [1.54, 1.807) is 13.1 Å². The SMILES string of the molecule is Cn1nccc1NC(=O)c1cc(F)cc(F)c1. The molecule has 1 heterocycles. The van der Waals surface area contributed by atoms with Crippen molar-refractivity contribution in [3.05, 3.63) is 47.7 Å². The second kappa shape index (κ2) is 4.32. The van der Waals surface area contributed by atoms with Crippen molar-refractivity contribution in [1.29, 1.82) is 0 Å². The normalized spacial score (nSPS) is 10.3. The Morgan fingerprint density at radius 3 is 2.47 bits per heavy atom. The number of amides is 1. The smallest absolute Gasteiger partial charge is 0.257 e. The van der Waals surface area contributed by atoms with Gasteiger partial charge in [-0.05, 0) is 12.1 Å². The number of anilines is 1. The zero-order chi connectivity index (χ0) is 12.4. The summed E-state index contributed by atoms with van der Waals surface area (Å²) in [4.78, 5) is 11.7. The van der Waals surface area contributed by atoms with Crippen molar-refractivity contribution in [2.45, 2.75) is 0 Å². The number of hydrogen-bond donors (Lipinski definition) is 1. The molecule has 0 fully saturated rings. The van der Waals surface area contributed by atoms with Crippen molar-refractivity contribution in [2.24, 2.45) is 7.05 Å². The Balaban J connectivity index is 2.23. The van der Waals surface area contributed by atoms with Gasteiger partial charge in [0.05, 0.1) is 6.20 Å². The Morgan fingerprint density at radius 1 is 1.29 bits per heavy atom. The van der Waals surface area contributed by atoms with Gasteiger partial charge >= 0.3 is 0 Å². The third-order valence-corrected chi connectivity index (χ3v) is 2.19. The molecule has 1 amide bonds. The Hall–Kier alpha value is -2.24. The van der Waals surface area contributed by atoms with Gasteiger partial charge in [0.25, 0.3) is 5.91 Å². The maximum absolute atomic E-state index is 12.9. The number of halogens is 2. The first kappa shape index (κ1) is 11.3. The van der Waals surface area contributed by atoms with Crippen molar-refractivity contribution >= 4 is 11.7 Å². The minimum absolute atomic E-state index is 0.0799. The van der Waals surface area contributed by atoms with Crippen LogP contribution >= 0.6 is 0 Å². The third-order valence-electron chi connectivity index (χ3n) is 2.19. The summed E-state index contributed by atoms with van der Waals surface area (Å²) in [5, 5.41) is 6.34. The largest absolute Gasteiger partial charge is 0.307 e. The van der Waals surface area contributed by atoms with E-state index in [-0.39, 0.29) is 5.56 Å². The molecular weight excluding hydrogens is 228 g/mol. The van der Waals surface area contributed by atoms with Crippen LogP contribution in [0.25, 0.3) is 0 Å². The lowest BCUT2D eigenvalue weighted by molar-refractivity contribution is 0.102. The molecule has 17 heavy (non-hydrogen) atoms. The van der Waals surface area contributed by atoms with Crippen LogP contribution in [0.4, 0.5) is 14.6 Å². The molecule has 4 nitrogen and oxygen atoms in total. The quantitative estimate of drug-likeness (QED) is 0.867. The predicted molar refractivity (Wildman–Crippen MR) is 57.5 cm³/mol. The summed E-state index contributed by atoms with van der Waals surface area (Å²) >= 11 is 0. The summed E-state index contributed by atoms with van der Waals surface area (Å²) in [6.45, 7) is 0. The molecule has 1 aromatic carbocycles. The van der Waals surface area contributed by atoms with E-state index in [0.29, 0.717) is 11.9 Å². The number of aryl methyl sites for hydroxylation is 1. The second-order valence-electron chi connectivity index (χ2n) is 3.45. The minimum atomic E-state index is -0.792. The lowest BCUT2D eigenvalue weighted by Crippen LogP contribution is -2.15. The van der Waals surface area contributed by atoms with Gasteiger partial charge < -0.3 is 5.32 Å². The molecule has 88 valence electrons. The lowest BCUT2D eigenvalue weighted by Gasteiger charge is -2.05. The van der Waals surface area contributed by atoms with Crippen molar-refractivity contribution < 1.29 is 13.6 Å². The van der Waals surface area contributed by atoms with E-state index in [1.165, 1.54) is 10.9 Å². The van der Waals surface area contributed by atoms with E-state index >= 15 is 0 Å². The standard InChI is InChI=1S/C11H9F2N3O/c1-16-10(2-3-14-16)15-11(17)7-4-8(12)6-9(13)5-7/h2-6H,1H3,(H,15,17). The molecule has 0 spiro atoms. The Kier molecular flexibility index (Phi) is 2.86. The summed E-state index contributed by atoms with van der Waals surface area (Å²) in [7, 11) is 1.64. The molecule has 1 aromatic heterocycles. The molecule has 0 aliphatic carbocycles. The van der Waals surface area contributed by atoms with E-state index in [1.807, 2.05) is 0 Å². The van der Waals surface area contributed by atoms with Gasteiger partial charge in [0.1, 0.15) is 17.5 Å². The minimum Gasteiger partial charge on any atom is -0.307 e. The van der Waals surface area contributed by atoms with Crippen LogP contribution in [0.3, 0.4) is 0 Å². The van der Waals surface area contributed by atoms with Gasteiger partial charge in [-0.3, -0.25) is 9.48 Å². The summed E-state index contributed by atoms with van der Waals surface area (Å²) in [6.07, 6.45) is 1.50. The molecule has 6 heteroatoms. The maximum Gasteiger partial charge on any atom is 0.257 e. The summed E-state index contributed by atoms with van der Waals surface area (Å²) < 4.78 is 27.3. The fraction of sp³-hybridized carbons (Fsp3) is 0.0909. The highest BCUT2D eigenvalue weighted by Crippen LogP contribution is 2.11. The van der Waals surface area contributed by atoms with Crippen molar-refractivity contribution in [3.63, 3.8) is 0 Å². The van der Waals surface area contributed by atoms with E-state index < -0.39 is 17.5 Å². The van der Waals surface area contributed by atoms with E-state index in [2.05, 4.69) is 10.4 Å². The molecule has 2 aromatic rings. The zero-order valence-electron chi connectivity index (χ0n) is 8.95. The van der Waals surface area contributed by atoms with Gasteiger partial charge in [-0.1, -0.05) is 0 Å². The van der Waals surface area contributed by atoms with Crippen molar-refractivity contribution in [1.82, 2.24) is 9.78 Å². The monoisotopic (exact) mass is 237 g/mol. The van der Waals surface area contributed by atoms with Crippen LogP contribution in [-0.2, 0) is 7.05 Å². The van der Waals surface area contributed by atoms with Crippen LogP contribution in [0.1, 0.15) is 10.4 Å². The fourth-order valence-corrected chi connectivity index (χ4v) is 1.37. The molecule has 0 aliphatic rings. The van der Waals surface area contributed by atoms with Gasteiger partial charge in [0, 0.05) is 24.7 Å². The van der Waals surface area contributed by atoms with Gasteiger partial charge in [-0.25, -0.2) is 8.78 Å². The van der Waals surface area contributed by atoms with Crippen molar-refractivity contribution in [3.8, 4) is 0 Å². The molecule has 0 saturated carbocycles. The highest BCUT2D eigenvalue weighted by atomic mass is 19.1. The lowest BCUT2D eigenvalue weighted by atomic mass is 10.2. The number of hydrogen-bond acceptors (Lipinski definition) is 2. The van der Waals surface area contributed by atoms with Crippen molar-refractivity contribution in [2.75, 3.05) is 5.32 Å². The van der Waals surface area contributed by atoms with Gasteiger partial charge in [0.15, 0.2) is 0 Å². The number of nitrogens with one attached hydrogen (secondary N) is 1. The molecule has 0 radical (unpaired) electrons. The summed E-state index contributed by atoms with van der Waals surface area (Å²) in [5.41, 5.74) is -0.0799. The first-order chi connectivity index (χ1) is 8.06. The molecule has 0 atom stereocenters. The number of benzene rings is 1. The van der Waals surface area contributed by atoms with Crippen LogP contribution in [0, 0.1) is 11.6 Å². The molecule has 0 bridgehead atoms. The van der Waals surface area contributed by atoms with E-state index in [4.69, 9.17) is 0 Å². The fourth-order valence-electron chi connectivity index (χ4n) is 1.37. The average Bonchev–Trinajstić information content (AvgIpc) is 2.63. The molecule has 0 unspecified atom stereocenters. The highest BCUT2D eigenvalue weighted by molar-refractivity contribution is 6.03. The van der Waals surface area contributed by atoms with E-state index in [0.717, 1.165) is 12.1 Å². The Morgan fingerprint density at radius 2 is 1.94 bits per heavy atom.